The summed E-state index contributed by atoms with van der Waals surface area (Å²) >= 11 is 0. The van der Waals surface area contributed by atoms with Gasteiger partial charge in [-0.1, -0.05) is 37.3 Å². The third-order valence-corrected chi connectivity index (χ3v) is 4.03. The zero-order valence-electron chi connectivity index (χ0n) is 13.5. The third kappa shape index (κ3) is 4.41. The van der Waals surface area contributed by atoms with E-state index in [1.807, 2.05) is 51.1 Å². The second-order valence-corrected chi connectivity index (χ2v) is 6.48. The van der Waals surface area contributed by atoms with Crippen LogP contribution in [0.1, 0.15) is 44.0 Å². The molecule has 1 aromatic rings. The summed E-state index contributed by atoms with van der Waals surface area (Å²) in [4.78, 5) is 24.8. The Kier molecular flexibility index (Phi) is 5.35. The van der Waals surface area contributed by atoms with Gasteiger partial charge in [0.15, 0.2) is 5.78 Å². The first-order valence-corrected chi connectivity index (χ1v) is 7.82. The number of ketones is 1. The second-order valence-electron chi connectivity index (χ2n) is 6.48. The van der Waals surface area contributed by atoms with Crippen molar-refractivity contribution in [1.29, 1.82) is 0 Å². The average molecular weight is 304 g/mol. The number of benzene rings is 1. The van der Waals surface area contributed by atoms with E-state index in [0.29, 0.717) is 31.6 Å². The summed E-state index contributed by atoms with van der Waals surface area (Å²) in [7, 11) is 0. The molecule has 0 amide bonds. The monoisotopic (exact) mass is 304 g/mol. The van der Waals surface area contributed by atoms with E-state index in [9.17, 15) is 9.59 Å². The normalized spacial score (nSPS) is 18.6. The van der Waals surface area contributed by atoms with Crippen molar-refractivity contribution in [3.63, 3.8) is 0 Å². The zero-order chi connectivity index (χ0) is 16.2. The highest BCUT2D eigenvalue weighted by molar-refractivity contribution is 5.98. The molecule has 22 heavy (non-hydrogen) atoms. The molecule has 0 saturated carbocycles. The molecule has 1 fully saturated rings. The number of carbonyl (C=O) groups is 2. The predicted octanol–water partition coefficient (Wildman–Crippen LogP) is 3.25. The maximum Gasteiger partial charge on any atom is 0.311 e. The first kappa shape index (κ1) is 16.7. The van der Waals surface area contributed by atoms with E-state index in [1.165, 1.54) is 0 Å². The van der Waals surface area contributed by atoms with Gasteiger partial charge >= 0.3 is 5.97 Å². The van der Waals surface area contributed by atoms with Gasteiger partial charge in [0, 0.05) is 11.5 Å². The topological polar surface area (TPSA) is 55.9 Å². The van der Waals surface area contributed by atoms with Gasteiger partial charge in [-0.2, -0.15) is 0 Å². The maximum absolute atomic E-state index is 12.6. The van der Waals surface area contributed by atoms with Crippen molar-refractivity contribution in [3.8, 4) is 0 Å². The molecule has 120 valence electrons. The average Bonchev–Trinajstić information content (AvgIpc) is 3.34. The molecule has 0 radical (unpaired) electrons. The number of hydrogen-bond donors (Lipinski definition) is 0. The predicted molar refractivity (Wildman–Crippen MR) is 83.7 cm³/mol. The first-order chi connectivity index (χ1) is 10.4. The van der Waals surface area contributed by atoms with Crippen LogP contribution in [0.2, 0.25) is 0 Å². The smallest absolute Gasteiger partial charge is 0.311 e. The number of Topliss-reactive ketones (excluding diaryl/α,β-unsaturated/α-hetero) is 1. The molecule has 0 spiro atoms. The van der Waals surface area contributed by atoms with E-state index in [1.54, 1.807) is 0 Å². The van der Waals surface area contributed by atoms with E-state index in [2.05, 4.69) is 0 Å². The molecule has 0 aromatic heterocycles. The maximum atomic E-state index is 12.6. The minimum Gasteiger partial charge on any atom is -0.462 e. The molecule has 0 N–H and O–H groups in total. The Morgan fingerprint density at radius 3 is 2.50 bits per heavy atom. The van der Waals surface area contributed by atoms with E-state index >= 15 is 0 Å². The van der Waals surface area contributed by atoms with Gasteiger partial charge in [0.2, 0.25) is 0 Å². The van der Waals surface area contributed by atoms with Crippen molar-refractivity contribution in [3.05, 3.63) is 35.9 Å². The number of carbonyl (C=O) groups excluding carboxylic acids is 2. The zero-order valence-corrected chi connectivity index (χ0v) is 13.5. The number of epoxide rings is 1. The van der Waals surface area contributed by atoms with Crippen LogP contribution in [0.25, 0.3) is 0 Å². The molecule has 4 heteroatoms. The molecule has 1 heterocycles. The lowest BCUT2D eigenvalue weighted by Crippen LogP contribution is -2.32. The summed E-state index contributed by atoms with van der Waals surface area (Å²) in [6.45, 7) is 6.63. The Hall–Kier alpha value is -1.68. The fourth-order valence-electron chi connectivity index (χ4n) is 2.49. The Labute approximate surface area is 131 Å². The molecule has 1 aliphatic rings. The van der Waals surface area contributed by atoms with Gasteiger partial charge in [-0.15, -0.1) is 0 Å². The molecular formula is C18H24O4. The molecule has 1 saturated heterocycles. The van der Waals surface area contributed by atoms with Crippen molar-refractivity contribution < 1.29 is 19.1 Å². The number of hydrogen-bond acceptors (Lipinski definition) is 4. The molecule has 1 aromatic carbocycles. The molecule has 0 bridgehead atoms. The van der Waals surface area contributed by atoms with Crippen molar-refractivity contribution >= 4 is 11.8 Å². The van der Waals surface area contributed by atoms with Gasteiger partial charge in [-0.25, -0.2) is 0 Å². The van der Waals surface area contributed by atoms with Crippen LogP contribution in [0.15, 0.2) is 30.3 Å². The van der Waals surface area contributed by atoms with Gasteiger partial charge in [-0.05, 0) is 26.7 Å². The van der Waals surface area contributed by atoms with Crippen LogP contribution in [0, 0.1) is 11.3 Å². The summed E-state index contributed by atoms with van der Waals surface area (Å²) in [5.41, 5.74) is 0.0184. The minimum absolute atomic E-state index is 0.0627. The third-order valence-electron chi connectivity index (χ3n) is 4.03. The Morgan fingerprint density at radius 1 is 1.32 bits per heavy atom. The van der Waals surface area contributed by atoms with E-state index in [0.717, 1.165) is 0 Å². The van der Waals surface area contributed by atoms with Crippen LogP contribution in [-0.2, 0) is 14.3 Å². The van der Waals surface area contributed by atoms with Gasteiger partial charge in [0.05, 0.1) is 12.0 Å². The van der Waals surface area contributed by atoms with Gasteiger partial charge in [0.1, 0.15) is 12.7 Å². The first-order valence-electron chi connectivity index (χ1n) is 7.82. The number of esters is 1. The van der Waals surface area contributed by atoms with E-state index < -0.39 is 5.41 Å². The standard InChI is InChI=1S/C18H24O4/c1-4-13(16(19)14-8-6-5-7-9-14)10-18(2,3)17(20)22-12-15-11-21-15/h5-9,13,15H,4,10-12H2,1-3H3. The summed E-state index contributed by atoms with van der Waals surface area (Å²) in [5.74, 6) is -0.348. The van der Waals surface area contributed by atoms with Crippen LogP contribution in [-0.4, -0.2) is 31.1 Å². The number of rotatable bonds is 8. The van der Waals surface area contributed by atoms with Crippen LogP contribution < -0.4 is 0 Å². The van der Waals surface area contributed by atoms with Crippen molar-refractivity contribution in [2.45, 2.75) is 39.7 Å². The second kappa shape index (κ2) is 7.05. The molecule has 2 unspecified atom stereocenters. The van der Waals surface area contributed by atoms with Gasteiger partial charge in [0.25, 0.3) is 0 Å². The quantitative estimate of drug-likeness (QED) is 0.420. The van der Waals surface area contributed by atoms with Crippen molar-refractivity contribution in [1.82, 2.24) is 0 Å². The molecule has 0 aliphatic carbocycles. The van der Waals surface area contributed by atoms with Gasteiger partial charge < -0.3 is 9.47 Å². The van der Waals surface area contributed by atoms with E-state index in [4.69, 9.17) is 9.47 Å². The molecule has 2 atom stereocenters. The highest BCUT2D eigenvalue weighted by Gasteiger charge is 2.36. The molecule has 1 aliphatic heterocycles. The molecule has 4 nitrogen and oxygen atoms in total. The summed E-state index contributed by atoms with van der Waals surface area (Å²) in [6.07, 6.45) is 1.25. The fourth-order valence-corrected chi connectivity index (χ4v) is 2.49. The summed E-state index contributed by atoms with van der Waals surface area (Å²) < 4.78 is 10.3. The highest BCUT2D eigenvalue weighted by atomic mass is 16.6. The highest BCUT2D eigenvalue weighted by Crippen LogP contribution is 2.31. The van der Waals surface area contributed by atoms with Gasteiger partial charge in [-0.3, -0.25) is 9.59 Å². The van der Waals surface area contributed by atoms with E-state index in [-0.39, 0.29) is 23.8 Å². The molecule has 2 rings (SSSR count). The van der Waals surface area contributed by atoms with Crippen LogP contribution >= 0.6 is 0 Å². The minimum atomic E-state index is -0.681. The Balaban J connectivity index is 1.97. The van der Waals surface area contributed by atoms with Crippen LogP contribution in [0.5, 0.6) is 0 Å². The number of ether oxygens (including phenoxy) is 2. The summed E-state index contributed by atoms with van der Waals surface area (Å²) in [6, 6.07) is 9.24. The Bertz CT molecular complexity index is 517. The van der Waals surface area contributed by atoms with Crippen molar-refractivity contribution in [2.75, 3.05) is 13.2 Å². The van der Waals surface area contributed by atoms with Crippen LogP contribution in [0.4, 0.5) is 0 Å². The Morgan fingerprint density at radius 2 is 1.95 bits per heavy atom. The fraction of sp³-hybridized carbons (Fsp3) is 0.556. The lowest BCUT2D eigenvalue weighted by molar-refractivity contribution is -0.155. The van der Waals surface area contributed by atoms with Crippen molar-refractivity contribution in [2.24, 2.45) is 11.3 Å². The lowest BCUT2D eigenvalue weighted by Gasteiger charge is -2.26. The summed E-state index contributed by atoms with van der Waals surface area (Å²) in [5, 5.41) is 0. The lowest BCUT2D eigenvalue weighted by atomic mass is 9.78. The molecular weight excluding hydrogens is 280 g/mol. The SMILES string of the molecule is CCC(CC(C)(C)C(=O)OCC1CO1)C(=O)c1ccccc1. The largest absolute Gasteiger partial charge is 0.462 e. The van der Waals surface area contributed by atoms with Crippen LogP contribution in [0.3, 0.4) is 0 Å².